The molecule has 0 N–H and O–H groups in total. The highest BCUT2D eigenvalue weighted by molar-refractivity contribution is 5.90. The van der Waals surface area contributed by atoms with E-state index in [1.165, 1.54) is 0 Å². The fraction of sp³-hybridized carbons (Fsp3) is 0.474. The molecule has 1 aromatic carbocycles. The van der Waals surface area contributed by atoms with Crippen molar-refractivity contribution in [3.8, 4) is 5.75 Å². The topological polar surface area (TPSA) is 71.1 Å². The zero-order valence-corrected chi connectivity index (χ0v) is 15.0. The van der Waals surface area contributed by atoms with Crippen LogP contribution in [0.4, 0.5) is 0 Å². The van der Waals surface area contributed by atoms with Gasteiger partial charge in [0, 0.05) is 33.0 Å². The molecule has 1 aliphatic rings. The van der Waals surface area contributed by atoms with Gasteiger partial charge in [-0.1, -0.05) is 5.57 Å². The summed E-state index contributed by atoms with van der Waals surface area (Å²) in [4.78, 5) is 23.9. The molecule has 0 fully saturated rings. The summed E-state index contributed by atoms with van der Waals surface area (Å²) in [5, 5.41) is 0. The smallest absolute Gasteiger partial charge is 0.338 e. The van der Waals surface area contributed by atoms with Crippen LogP contribution in [0.3, 0.4) is 0 Å². The van der Waals surface area contributed by atoms with Crippen molar-refractivity contribution in [2.24, 2.45) is 5.92 Å². The summed E-state index contributed by atoms with van der Waals surface area (Å²) >= 11 is 0. The lowest BCUT2D eigenvalue weighted by Gasteiger charge is -2.24. The number of carbonyl (C=O) groups excluding carboxylic acids is 2. The van der Waals surface area contributed by atoms with Crippen molar-refractivity contribution in [3.63, 3.8) is 0 Å². The first-order chi connectivity index (χ1) is 12.0. The van der Waals surface area contributed by atoms with Crippen molar-refractivity contribution in [1.82, 2.24) is 0 Å². The third kappa shape index (κ3) is 4.46. The van der Waals surface area contributed by atoms with E-state index in [-0.39, 0.29) is 5.92 Å². The summed E-state index contributed by atoms with van der Waals surface area (Å²) in [5.74, 6) is -0.00680. The molecule has 1 aromatic rings. The normalized spacial score (nSPS) is 20.0. The first-order valence-electron chi connectivity index (χ1n) is 8.09. The predicted octanol–water partition coefficient (Wildman–Crippen LogP) is 2.76. The molecular formula is C19H24O6. The van der Waals surface area contributed by atoms with Crippen molar-refractivity contribution in [3.05, 3.63) is 41.0 Å². The minimum Gasteiger partial charge on any atom is -0.497 e. The largest absolute Gasteiger partial charge is 0.497 e. The Labute approximate surface area is 147 Å². The van der Waals surface area contributed by atoms with Crippen LogP contribution in [-0.4, -0.2) is 46.0 Å². The number of aldehydes is 1. The number of methoxy groups -OCH3 is 3. The highest BCUT2D eigenvalue weighted by atomic mass is 16.7. The molecule has 2 atom stereocenters. The molecule has 0 saturated heterocycles. The Morgan fingerprint density at radius 2 is 1.84 bits per heavy atom. The minimum atomic E-state index is -0.465. The predicted molar refractivity (Wildman–Crippen MR) is 91.5 cm³/mol. The molecule has 0 bridgehead atoms. The van der Waals surface area contributed by atoms with Crippen molar-refractivity contribution in [2.45, 2.75) is 32.2 Å². The van der Waals surface area contributed by atoms with Gasteiger partial charge in [0.25, 0.3) is 0 Å². The molecule has 0 heterocycles. The third-order valence-corrected chi connectivity index (χ3v) is 4.53. The lowest BCUT2D eigenvalue weighted by molar-refractivity contribution is -0.119. The molecule has 2 unspecified atom stereocenters. The summed E-state index contributed by atoms with van der Waals surface area (Å²) in [6.07, 6.45) is 0.930. The summed E-state index contributed by atoms with van der Waals surface area (Å²) < 4.78 is 21.2. The molecule has 0 saturated carbocycles. The second kappa shape index (κ2) is 8.78. The van der Waals surface area contributed by atoms with E-state index in [0.717, 1.165) is 11.9 Å². The van der Waals surface area contributed by atoms with Crippen LogP contribution in [0.2, 0.25) is 0 Å². The Kier molecular flexibility index (Phi) is 6.73. The quantitative estimate of drug-likeness (QED) is 0.409. The molecule has 0 amide bonds. The maximum absolute atomic E-state index is 12.4. The number of carbonyl (C=O) groups is 2. The number of esters is 1. The summed E-state index contributed by atoms with van der Waals surface area (Å²) in [7, 11) is 4.64. The molecule has 1 aliphatic carbocycles. The first-order valence-corrected chi connectivity index (χ1v) is 8.09. The van der Waals surface area contributed by atoms with E-state index in [0.29, 0.717) is 29.7 Å². The number of hydrogen-bond donors (Lipinski definition) is 0. The Hall–Kier alpha value is -2.18. The average molecular weight is 348 g/mol. The molecule has 136 valence electrons. The first kappa shape index (κ1) is 19.1. The van der Waals surface area contributed by atoms with Crippen LogP contribution in [0.1, 0.15) is 30.1 Å². The van der Waals surface area contributed by atoms with Gasteiger partial charge in [-0.25, -0.2) is 4.79 Å². The van der Waals surface area contributed by atoms with Gasteiger partial charge in [-0.3, -0.25) is 4.79 Å². The van der Waals surface area contributed by atoms with Crippen LogP contribution >= 0.6 is 0 Å². The second-order valence-electron chi connectivity index (χ2n) is 5.97. The minimum absolute atomic E-state index is 0.246. The molecule has 0 radical (unpaired) electrons. The van der Waals surface area contributed by atoms with Crippen LogP contribution in [0.15, 0.2) is 35.4 Å². The van der Waals surface area contributed by atoms with Crippen molar-refractivity contribution in [1.29, 1.82) is 0 Å². The molecule has 0 spiro atoms. The van der Waals surface area contributed by atoms with Gasteiger partial charge in [0.1, 0.15) is 18.1 Å². The van der Waals surface area contributed by atoms with E-state index >= 15 is 0 Å². The van der Waals surface area contributed by atoms with Gasteiger partial charge in [0.05, 0.1) is 12.7 Å². The van der Waals surface area contributed by atoms with Gasteiger partial charge >= 0.3 is 5.97 Å². The summed E-state index contributed by atoms with van der Waals surface area (Å²) in [6.45, 7) is 1.88. The lowest BCUT2D eigenvalue weighted by Crippen LogP contribution is -2.29. The van der Waals surface area contributed by atoms with Crippen LogP contribution in [0.25, 0.3) is 0 Å². The van der Waals surface area contributed by atoms with E-state index in [1.54, 1.807) is 45.6 Å². The third-order valence-electron chi connectivity index (χ3n) is 4.53. The van der Waals surface area contributed by atoms with E-state index < -0.39 is 18.4 Å². The van der Waals surface area contributed by atoms with Crippen LogP contribution in [0.5, 0.6) is 5.75 Å². The Morgan fingerprint density at radius 3 is 2.36 bits per heavy atom. The SMILES string of the molecule is COc1ccc(C(=O)OC2CC(C)=C(C=O)C2CC(OC)OC)cc1. The number of ether oxygens (including phenoxy) is 4. The molecule has 0 aliphatic heterocycles. The van der Waals surface area contributed by atoms with Gasteiger partial charge in [0.2, 0.25) is 0 Å². The monoisotopic (exact) mass is 348 g/mol. The standard InChI is InChI=1S/C19H24O6/c1-12-9-17(15(16(12)11-20)10-18(23-3)24-4)25-19(21)13-5-7-14(22-2)8-6-13/h5-8,11,15,17-18H,9-10H2,1-4H3. The fourth-order valence-corrected chi connectivity index (χ4v) is 3.10. The Morgan fingerprint density at radius 1 is 1.20 bits per heavy atom. The molecule has 6 nitrogen and oxygen atoms in total. The number of rotatable bonds is 8. The van der Waals surface area contributed by atoms with Gasteiger partial charge in [0.15, 0.2) is 6.29 Å². The van der Waals surface area contributed by atoms with Gasteiger partial charge in [-0.05, 0) is 36.8 Å². The van der Waals surface area contributed by atoms with Crippen LogP contribution in [0, 0.1) is 5.92 Å². The average Bonchev–Trinajstić information content (AvgIpc) is 2.93. The Bertz CT molecular complexity index is 630. The zero-order chi connectivity index (χ0) is 18.4. The van der Waals surface area contributed by atoms with Crippen LogP contribution < -0.4 is 4.74 Å². The van der Waals surface area contributed by atoms with E-state index in [1.807, 2.05) is 6.92 Å². The van der Waals surface area contributed by atoms with E-state index in [4.69, 9.17) is 18.9 Å². The number of hydrogen-bond acceptors (Lipinski definition) is 6. The highest BCUT2D eigenvalue weighted by Crippen LogP contribution is 2.37. The van der Waals surface area contributed by atoms with Gasteiger partial charge in [-0.2, -0.15) is 0 Å². The zero-order valence-electron chi connectivity index (χ0n) is 15.0. The van der Waals surface area contributed by atoms with Gasteiger partial charge < -0.3 is 18.9 Å². The molecule has 25 heavy (non-hydrogen) atoms. The van der Waals surface area contributed by atoms with Gasteiger partial charge in [-0.15, -0.1) is 0 Å². The summed E-state index contributed by atoms with van der Waals surface area (Å²) in [6, 6.07) is 6.71. The maximum atomic E-state index is 12.4. The summed E-state index contributed by atoms with van der Waals surface area (Å²) in [5.41, 5.74) is 2.02. The second-order valence-corrected chi connectivity index (χ2v) is 5.97. The van der Waals surface area contributed by atoms with Crippen LogP contribution in [-0.2, 0) is 19.0 Å². The molecule has 2 rings (SSSR count). The highest BCUT2D eigenvalue weighted by Gasteiger charge is 2.37. The van der Waals surface area contributed by atoms with Crippen molar-refractivity contribution >= 4 is 12.3 Å². The van der Waals surface area contributed by atoms with E-state index in [9.17, 15) is 9.59 Å². The van der Waals surface area contributed by atoms with Crippen molar-refractivity contribution < 1.29 is 28.5 Å². The molecular weight excluding hydrogens is 324 g/mol. The van der Waals surface area contributed by atoms with Crippen molar-refractivity contribution in [2.75, 3.05) is 21.3 Å². The molecule has 6 heteroatoms. The maximum Gasteiger partial charge on any atom is 0.338 e. The fourth-order valence-electron chi connectivity index (χ4n) is 3.10. The molecule has 0 aromatic heterocycles. The Balaban J connectivity index is 2.12. The number of benzene rings is 1. The lowest BCUT2D eigenvalue weighted by atomic mass is 9.95. The van der Waals surface area contributed by atoms with E-state index in [2.05, 4.69) is 0 Å².